The second-order valence-electron chi connectivity index (χ2n) is 4.70. The van der Waals surface area contributed by atoms with Gasteiger partial charge in [-0.25, -0.2) is 4.39 Å². The van der Waals surface area contributed by atoms with E-state index in [2.05, 4.69) is 5.32 Å². The summed E-state index contributed by atoms with van der Waals surface area (Å²) >= 11 is 5.87. The number of hydrogen-bond donors (Lipinski definition) is 2. The Hall–Kier alpha value is -2.40. The van der Waals surface area contributed by atoms with Gasteiger partial charge in [0.2, 0.25) is 5.91 Å². The van der Waals surface area contributed by atoms with Gasteiger partial charge in [-0.15, -0.1) is 0 Å². The molecule has 1 amide bonds. The summed E-state index contributed by atoms with van der Waals surface area (Å²) in [4.78, 5) is 22.6. The van der Waals surface area contributed by atoms with Gasteiger partial charge in [-0.3, -0.25) is 9.59 Å². The predicted octanol–water partition coefficient (Wildman–Crippen LogP) is 3.29. The summed E-state index contributed by atoms with van der Waals surface area (Å²) in [5, 5.41) is 11.5. The molecule has 2 rings (SSSR count). The van der Waals surface area contributed by atoms with Crippen molar-refractivity contribution < 1.29 is 19.1 Å². The van der Waals surface area contributed by atoms with Crippen LogP contribution in [0, 0.1) is 5.82 Å². The van der Waals surface area contributed by atoms with Crippen LogP contribution in [-0.2, 0) is 22.4 Å². The lowest BCUT2D eigenvalue weighted by atomic mass is 10.1. The van der Waals surface area contributed by atoms with Gasteiger partial charge in [0, 0.05) is 16.3 Å². The van der Waals surface area contributed by atoms with Crippen LogP contribution in [0.15, 0.2) is 42.5 Å². The van der Waals surface area contributed by atoms with Gasteiger partial charge in [0.15, 0.2) is 0 Å². The lowest BCUT2D eigenvalue weighted by Gasteiger charge is -2.08. The highest BCUT2D eigenvalue weighted by Crippen LogP contribution is 2.20. The van der Waals surface area contributed by atoms with E-state index >= 15 is 0 Å². The molecule has 0 aliphatic heterocycles. The number of carbonyl (C=O) groups is 2. The van der Waals surface area contributed by atoms with Crippen LogP contribution < -0.4 is 5.32 Å². The first kappa shape index (κ1) is 16.0. The summed E-state index contributed by atoms with van der Waals surface area (Å²) < 4.78 is 13.6. The molecule has 0 aliphatic rings. The zero-order valence-corrected chi connectivity index (χ0v) is 12.2. The molecule has 2 aromatic carbocycles. The highest BCUT2D eigenvalue weighted by molar-refractivity contribution is 6.31. The Balaban J connectivity index is 2.08. The fourth-order valence-corrected chi connectivity index (χ4v) is 2.23. The van der Waals surface area contributed by atoms with Crippen molar-refractivity contribution in [2.75, 3.05) is 5.32 Å². The van der Waals surface area contributed by atoms with Crippen LogP contribution >= 0.6 is 11.6 Å². The first-order chi connectivity index (χ1) is 10.5. The summed E-state index contributed by atoms with van der Waals surface area (Å²) in [5.41, 5.74) is 1.15. The molecule has 0 aliphatic carbocycles. The number of carboxylic acid groups (broad SMARTS) is 1. The highest BCUT2D eigenvalue weighted by atomic mass is 35.5. The molecule has 0 heterocycles. The topological polar surface area (TPSA) is 66.4 Å². The van der Waals surface area contributed by atoms with E-state index < -0.39 is 17.7 Å². The van der Waals surface area contributed by atoms with Crippen LogP contribution in [0.4, 0.5) is 10.1 Å². The number of benzene rings is 2. The van der Waals surface area contributed by atoms with Crippen LogP contribution in [-0.4, -0.2) is 17.0 Å². The third kappa shape index (κ3) is 4.30. The molecule has 4 nitrogen and oxygen atoms in total. The summed E-state index contributed by atoms with van der Waals surface area (Å²) in [6.07, 6.45) is -0.336. The van der Waals surface area contributed by atoms with Gasteiger partial charge < -0.3 is 10.4 Å². The lowest BCUT2D eigenvalue weighted by Crippen LogP contribution is -2.15. The molecule has 0 saturated carbocycles. The molecule has 0 radical (unpaired) electrons. The number of amides is 1. The molecule has 0 atom stereocenters. The average molecular weight is 322 g/mol. The summed E-state index contributed by atoms with van der Waals surface area (Å²) in [6, 6.07) is 10.7. The monoisotopic (exact) mass is 321 g/mol. The summed E-state index contributed by atoms with van der Waals surface area (Å²) in [7, 11) is 0. The zero-order valence-electron chi connectivity index (χ0n) is 11.5. The van der Waals surface area contributed by atoms with Crippen molar-refractivity contribution in [3.63, 3.8) is 0 Å². The minimum atomic E-state index is -0.957. The Bertz CT molecular complexity index is 698. The second kappa shape index (κ2) is 7.04. The fraction of sp³-hybridized carbons (Fsp3) is 0.125. The molecular weight excluding hydrogens is 309 g/mol. The first-order valence-corrected chi connectivity index (χ1v) is 6.87. The molecule has 2 aromatic rings. The predicted molar refractivity (Wildman–Crippen MR) is 81.5 cm³/mol. The maximum absolute atomic E-state index is 13.6. The van der Waals surface area contributed by atoms with E-state index in [1.54, 1.807) is 24.3 Å². The SMILES string of the molecule is O=C(O)Cc1cccc(NC(=O)Cc2c(F)cccc2Cl)c1. The molecule has 0 aromatic heterocycles. The van der Waals surface area contributed by atoms with E-state index in [1.807, 2.05) is 0 Å². The third-order valence-corrected chi connectivity index (χ3v) is 3.32. The van der Waals surface area contributed by atoms with E-state index in [1.165, 1.54) is 18.2 Å². The molecule has 0 bridgehead atoms. The molecule has 6 heteroatoms. The number of hydrogen-bond acceptors (Lipinski definition) is 2. The number of nitrogens with one attached hydrogen (secondary N) is 1. The molecule has 0 spiro atoms. The van der Waals surface area contributed by atoms with E-state index in [-0.39, 0.29) is 23.4 Å². The van der Waals surface area contributed by atoms with Crippen molar-refractivity contribution in [3.8, 4) is 0 Å². The van der Waals surface area contributed by atoms with Gasteiger partial charge >= 0.3 is 5.97 Å². The lowest BCUT2D eigenvalue weighted by molar-refractivity contribution is -0.136. The standard InChI is InChI=1S/C16H13ClFNO3/c17-13-5-2-6-14(18)12(13)9-15(20)19-11-4-1-3-10(7-11)8-16(21)22/h1-7H,8-9H2,(H,19,20)(H,21,22). The van der Waals surface area contributed by atoms with Gasteiger partial charge in [-0.1, -0.05) is 29.8 Å². The minimum absolute atomic E-state index is 0.128. The fourth-order valence-electron chi connectivity index (χ4n) is 2.00. The Labute approximate surface area is 131 Å². The van der Waals surface area contributed by atoms with Crippen molar-refractivity contribution in [1.29, 1.82) is 0 Å². The zero-order chi connectivity index (χ0) is 16.1. The molecular formula is C16H13ClFNO3. The molecule has 22 heavy (non-hydrogen) atoms. The highest BCUT2D eigenvalue weighted by Gasteiger charge is 2.12. The number of carboxylic acids is 1. The van der Waals surface area contributed by atoms with E-state index in [4.69, 9.17) is 16.7 Å². The normalized spacial score (nSPS) is 10.3. The van der Waals surface area contributed by atoms with Crippen molar-refractivity contribution >= 4 is 29.2 Å². The Morgan fingerprint density at radius 1 is 1.14 bits per heavy atom. The van der Waals surface area contributed by atoms with Gasteiger partial charge in [0.05, 0.1) is 12.8 Å². The molecule has 2 N–H and O–H groups in total. The van der Waals surface area contributed by atoms with Gasteiger partial charge in [0.25, 0.3) is 0 Å². The van der Waals surface area contributed by atoms with Gasteiger partial charge in [-0.2, -0.15) is 0 Å². The number of halogens is 2. The number of aliphatic carboxylic acids is 1. The van der Waals surface area contributed by atoms with Crippen LogP contribution in [0.25, 0.3) is 0 Å². The van der Waals surface area contributed by atoms with Crippen LogP contribution in [0.5, 0.6) is 0 Å². The van der Waals surface area contributed by atoms with Crippen molar-refractivity contribution in [2.45, 2.75) is 12.8 Å². The Kier molecular flexibility index (Phi) is 5.12. The molecule has 0 fully saturated rings. The number of carbonyl (C=O) groups excluding carboxylic acids is 1. The maximum atomic E-state index is 13.6. The Morgan fingerprint density at radius 2 is 1.86 bits per heavy atom. The van der Waals surface area contributed by atoms with Crippen LogP contribution in [0.2, 0.25) is 5.02 Å². The smallest absolute Gasteiger partial charge is 0.307 e. The quantitative estimate of drug-likeness (QED) is 0.888. The number of rotatable bonds is 5. The van der Waals surface area contributed by atoms with E-state index in [9.17, 15) is 14.0 Å². The third-order valence-electron chi connectivity index (χ3n) is 2.97. The first-order valence-electron chi connectivity index (χ1n) is 6.49. The van der Waals surface area contributed by atoms with Gasteiger partial charge in [-0.05, 0) is 29.8 Å². The molecule has 0 saturated heterocycles. The van der Waals surface area contributed by atoms with Crippen molar-refractivity contribution in [3.05, 3.63) is 64.4 Å². The van der Waals surface area contributed by atoms with E-state index in [0.717, 1.165) is 0 Å². The Morgan fingerprint density at radius 3 is 2.55 bits per heavy atom. The number of anilines is 1. The second-order valence-corrected chi connectivity index (χ2v) is 5.10. The summed E-state index contributed by atoms with van der Waals surface area (Å²) in [6.45, 7) is 0. The minimum Gasteiger partial charge on any atom is -0.481 e. The average Bonchev–Trinajstić information content (AvgIpc) is 2.42. The van der Waals surface area contributed by atoms with Gasteiger partial charge in [0.1, 0.15) is 5.82 Å². The molecule has 114 valence electrons. The molecule has 0 unspecified atom stereocenters. The van der Waals surface area contributed by atoms with Crippen molar-refractivity contribution in [2.24, 2.45) is 0 Å². The van der Waals surface area contributed by atoms with E-state index in [0.29, 0.717) is 11.3 Å². The van der Waals surface area contributed by atoms with Crippen LogP contribution in [0.1, 0.15) is 11.1 Å². The largest absolute Gasteiger partial charge is 0.481 e. The van der Waals surface area contributed by atoms with Crippen molar-refractivity contribution in [1.82, 2.24) is 0 Å². The maximum Gasteiger partial charge on any atom is 0.307 e. The van der Waals surface area contributed by atoms with Crippen LogP contribution in [0.3, 0.4) is 0 Å². The summed E-state index contributed by atoms with van der Waals surface area (Å²) in [5.74, 6) is -1.93.